The standard InChI is InChI=1S/C12H17FN2O/c1-9(15-8-7-12(16)14-2)10-3-5-11(13)6-4-10/h3-6,9,15H,7-8H2,1-2H3,(H,14,16)/t9-/m1/s1. The minimum atomic E-state index is -0.235. The zero-order valence-electron chi connectivity index (χ0n) is 9.59. The van der Waals surface area contributed by atoms with Crippen molar-refractivity contribution in [3.05, 3.63) is 35.6 Å². The van der Waals surface area contributed by atoms with Gasteiger partial charge in [-0.15, -0.1) is 0 Å². The van der Waals surface area contributed by atoms with Crippen LogP contribution >= 0.6 is 0 Å². The molecule has 0 bridgehead atoms. The van der Waals surface area contributed by atoms with Gasteiger partial charge in [0, 0.05) is 26.1 Å². The molecular formula is C12H17FN2O. The first-order valence-electron chi connectivity index (χ1n) is 5.33. The molecule has 0 saturated carbocycles. The van der Waals surface area contributed by atoms with Crippen molar-refractivity contribution in [1.82, 2.24) is 10.6 Å². The highest BCUT2D eigenvalue weighted by molar-refractivity contribution is 5.75. The molecule has 0 saturated heterocycles. The van der Waals surface area contributed by atoms with Crippen LogP contribution in [0.2, 0.25) is 0 Å². The Balaban J connectivity index is 2.37. The molecule has 0 aliphatic heterocycles. The van der Waals surface area contributed by atoms with E-state index in [2.05, 4.69) is 10.6 Å². The summed E-state index contributed by atoms with van der Waals surface area (Å²) >= 11 is 0. The molecule has 3 nitrogen and oxygen atoms in total. The first-order valence-corrected chi connectivity index (χ1v) is 5.33. The zero-order valence-corrected chi connectivity index (χ0v) is 9.59. The van der Waals surface area contributed by atoms with Crippen molar-refractivity contribution in [3.8, 4) is 0 Å². The minimum absolute atomic E-state index is 0.0128. The maximum atomic E-state index is 12.7. The molecule has 0 aromatic heterocycles. The smallest absolute Gasteiger partial charge is 0.221 e. The lowest BCUT2D eigenvalue weighted by Crippen LogP contribution is -2.26. The van der Waals surface area contributed by atoms with Gasteiger partial charge in [0.05, 0.1) is 0 Å². The number of rotatable bonds is 5. The number of nitrogens with one attached hydrogen (secondary N) is 2. The fraction of sp³-hybridized carbons (Fsp3) is 0.417. The molecule has 0 unspecified atom stereocenters. The fourth-order valence-corrected chi connectivity index (χ4v) is 1.40. The van der Waals surface area contributed by atoms with Crippen molar-refractivity contribution in [2.75, 3.05) is 13.6 Å². The van der Waals surface area contributed by atoms with E-state index >= 15 is 0 Å². The predicted octanol–water partition coefficient (Wildman–Crippen LogP) is 1.61. The van der Waals surface area contributed by atoms with Crippen LogP contribution in [0.3, 0.4) is 0 Å². The molecule has 0 heterocycles. The van der Waals surface area contributed by atoms with Crippen LogP contribution in [0.25, 0.3) is 0 Å². The van der Waals surface area contributed by atoms with Gasteiger partial charge in [0.2, 0.25) is 5.91 Å². The fourth-order valence-electron chi connectivity index (χ4n) is 1.40. The lowest BCUT2D eigenvalue weighted by molar-refractivity contribution is -0.120. The monoisotopic (exact) mass is 224 g/mol. The Morgan fingerprint density at radius 2 is 2.00 bits per heavy atom. The summed E-state index contributed by atoms with van der Waals surface area (Å²) < 4.78 is 12.7. The Bertz CT molecular complexity index is 337. The van der Waals surface area contributed by atoms with Crippen molar-refractivity contribution in [2.45, 2.75) is 19.4 Å². The van der Waals surface area contributed by atoms with Crippen LogP contribution in [0, 0.1) is 5.82 Å². The molecule has 1 rings (SSSR count). The minimum Gasteiger partial charge on any atom is -0.359 e. The van der Waals surface area contributed by atoms with Gasteiger partial charge in [-0.1, -0.05) is 12.1 Å². The molecule has 0 aliphatic rings. The molecule has 1 aromatic carbocycles. The highest BCUT2D eigenvalue weighted by atomic mass is 19.1. The van der Waals surface area contributed by atoms with Gasteiger partial charge in [0.1, 0.15) is 5.82 Å². The summed E-state index contributed by atoms with van der Waals surface area (Å²) in [5, 5.41) is 5.76. The predicted molar refractivity (Wildman–Crippen MR) is 61.5 cm³/mol. The number of carbonyl (C=O) groups excluding carboxylic acids is 1. The molecule has 0 spiro atoms. The Kier molecular flexibility index (Phi) is 4.92. The van der Waals surface area contributed by atoms with Crippen LogP contribution in [0.4, 0.5) is 4.39 Å². The summed E-state index contributed by atoms with van der Waals surface area (Å²) in [4.78, 5) is 11.0. The molecule has 0 radical (unpaired) electrons. The third-order valence-electron chi connectivity index (χ3n) is 2.45. The summed E-state index contributed by atoms with van der Waals surface area (Å²) in [6.45, 7) is 2.59. The Morgan fingerprint density at radius 1 is 1.38 bits per heavy atom. The number of halogens is 1. The largest absolute Gasteiger partial charge is 0.359 e. The van der Waals surface area contributed by atoms with Crippen molar-refractivity contribution >= 4 is 5.91 Å². The van der Waals surface area contributed by atoms with Gasteiger partial charge < -0.3 is 10.6 Å². The first-order chi connectivity index (χ1) is 7.63. The van der Waals surface area contributed by atoms with Crippen LogP contribution in [0.15, 0.2) is 24.3 Å². The van der Waals surface area contributed by atoms with E-state index in [1.54, 1.807) is 19.2 Å². The molecule has 2 N–H and O–H groups in total. The Morgan fingerprint density at radius 3 is 2.56 bits per heavy atom. The molecule has 0 fully saturated rings. The second-order valence-corrected chi connectivity index (χ2v) is 3.65. The molecule has 1 atom stereocenters. The molecule has 0 aliphatic carbocycles. The average Bonchev–Trinajstić information content (AvgIpc) is 2.29. The third-order valence-corrected chi connectivity index (χ3v) is 2.45. The van der Waals surface area contributed by atoms with Gasteiger partial charge in [-0.3, -0.25) is 4.79 Å². The average molecular weight is 224 g/mol. The van der Waals surface area contributed by atoms with Gasteiger partial charge in [-0.05, 0) is 24.6 Å². The van der Waals surface area contributed by atoms with Gasteiger partial charge in [0.25, 0.3) is 0 Å². The van der Waals surface area contributed by atoms with E-state index in [0.29, 0.717) is 13.0 Å². The molecule has 4 heteroatoms. The second-order valence-electron chi connectivity index (χ2n) is 3.65. The Labute approximate surface area is 95.0 Å². The normalized spacial score (nSPS) is 12.2. The van der Waals surface area contributed by atoms with Crippen molar-refractivity contribution < 1.29 is 9.18 Å². The summed E-state index contributed by atoms with van der Waals surface area (Å²) in [5.41, 5.74) is 1.01. The second kappa shape index (κ2) is 6.23. The van der Waals surface area contributed by atoms with Gasteiger partial charge in [0.15, 0.2) is 0 Å². The lowest BCUT2D eigenvalue weighted by Gasteiger charge is -2.13. The van der Waals surface area contributed by atoms with Crippen molar-refractivity contribution in [1.29, 1.82) is 0 Å². The van der Waals surface area contributed by atoms with E-state index in [0.717, 1.165) is 5.56 Å². The maximum Gasteiger partial charge on any atom is 0.221 e. The maximum absolute atomic E-state index is 12.7. The number of hydrogen-bond donors (Lipinski definition) is 2. The van der Waals surface area contributed by atoms with Gasteiger partial charge in [-0.25, -0.2) is 4.39 Å². The van der Waals surface area contributed by atoms with Gasteiger partial charge >= 0.3 is 0 Å². The van der Waals surface area contributed by atoms with E-state index in [4.69, 9.17) is 0 Å². The topological polar surface area (TPSA) is 41.1 Å². The summed E-state index contributed by atoms with van der Waals surface area (Å²) in [6, 6.07) is 6.48. The van der Waals surface area contributed by atoms with E-state index in [1.807, 2.05) is 6.92 Å². The molecule has 1 aromatic rings. The number of amides is 1. The van der Waals surface area contributed by atoms with Crippen LogP contribution in [0.1, 0.15) is 24.9 Å². The van der Waals surface area contributed by atoms with E-state index < -0.39 is 0 Å². The summed E-state index contributed by atoms with van der Waals surface area (Å²) in [5.74, 6) is -0.222. The van der Waals surface area contributed by atoms with Crippen LogP contribution in [-0.2, 0) is 4.79 Å². The van der Waals surface area contributed by atoms with Crippen molar-refractivity contribution in [3.63, 3.8) is 0 Å². The number of hydrogen-bond acceptors (Lipinski definition) is 2. The van der Waals surface area contributed by atoms with Crippen LogP contribution in [-0.4, -0.2) is 19.5 Å². The molecule has 1 amide bonds. The lowest BCUT2D eigenvalue weighted by atomic mass is 10.1. The Hall–Kier alpha value is -1.42. The highest BCUT2D eigenvalue weighted by Crippen LogP contribution is 2.12. The first kappa shape index (κ1) is 12.6. The zero-order chi connectivity index (χ0) is 12.0. The van der Waals surface area contributed by atoms with Crippen LogP contribution in [0.5, 0.6) is 0 Å². The van der Waals surface area contributed by atoms with E-state index in [-0.39, 0.29) is 17.8 Å². The third kappa shape index (κ3) is 3.98. The molecular weight excluding hydrogens is 207 g/mol. The van der Waals surface area contributed by atoms with Crippen LogP contribution < -0.4 is 10.6 Å². The van der Waals surface area contributed by atoms with E-state index in [9.17, 15) is 9.18 Å². The highest BCUT2D eigenvalue weighted by Gasteiger charge is 2.05. The van der Waals surface area contributed by atoms with Gasteiger partial charge in [-0.2, -0.15) is 0 Å². The summed E-state index contributed by atoms with van der Waals surface area (Å²) in [7, 11) is 1.62. The summed E-state index contributed by atoms with van der Waals surface area (Å²) in [6.07, 6.45) is 0.446. The number of benzene rings is 1. The number of carbonyl (C=O) groups is 1. The quantitative estimate of drug-likeness (QED) is 0.798. The SMILES string of the molecule is CNC(=O)CCN[C@H](C)c1ccc(F)cc1. The van der Waals surface area contributed by atoms with E-state index in [1.165, 1.54) is 12.1 Å². The van der Waals surface area contributed by atoms with Crippen molar-refractivity contribution in [2.24, 2.45) is 0 Å². The molecule has 16 heavy (non-hydrogen) atoms. The molecule has 88 valence electrons.